The van der Waals surface area contributed by atoms with Crippen LogP contribution in [0.15, 0.2) is 18.5 Å². The van der Waals surface area contributed by atoms with Crippen molar-refractivity contribution in [3.63, 3.8) is 0 Å². The summed E-state index contributed by atoms with van der Waals surface area (Å²) in [4.78, 5) is 3.84. The molecular weight excluding hydrogens is 138 g/mol. The van der Waals surface area contributed by atoms with Gasteiger partial charge in [0, 0.05) is 12.4 Å². The molecule has 0 unspecified atom stereocenters. The maximum atomic E-state index is 8.61. The summed E-state index contributed by atoms with van der Waals surface area (Å²) in [7, 11) is 0. The van der Waals surface area contributed by atoms with Crippen molar-refractivity contribution < 1.29 is 0 Å². The highest BCUT2D eigenvalue weighted by molar-refractivity contribution is 5.34. The average Bonchev–Trinajstić information content (AvgIpc) is 2.06. The normalized spacial score (nSPS) is 9.09. The average molecular weight is 147 g/mol. The monoisotopic (exact) mass is 147 g/mol. The van der Waals surface area contributed by atoms with E-state index in [9.17, 15) is 0 Å². The summed E-state index contributed by atoms with van der Waals surface area (Å²) in [5.41, 5.74) is 6.95. The Balaban J connectivity index is 2.95. The summed E-state index contributed by atoms with van der Waals surface area (Å²) >= 11 is 0. The van der Waals surface area contributed by atoms with Crippen LogP contribution in [0, 0.1) is 11.3 Å². The van der Waals surface area contributed by atoms with Gasteiger partial charge < -0.3 is 5.73 Å². The Morgan fingerprint density at radius 2 is 2.45 bits per heavy atom. The number of aromatic nitrogens is 1. The molecule has 3 nitrogen and oxygen atoms in total. The SMILES string of the molecule is N#Cc1cnccc1CCN. The van der Waals surface area contributed by atoms with Crippen molar-refractivity contribution >= 4 is 0 Å². The molecule has 0 aliphatic heterocycles. The summed E-state index contributed by atoms with van der Waals surface area (Å²) < 4.78 is 0. The van der Waals surface area contributed by atoms with Crippen molar-refractivity contribution in [2.24, 2.45) is 5.73 Å². The predicted octanol–water partition coefficient (Wildman–Crippen LogP) is 0.454. The molecule has 3 heteroatoms. The third kappa shape index (κ3) is 1.76. The highest BCUT2D eigenvalue weighted by Crippen LogP contribution is 2.04. The van der Waals surface area contributed by atoms with Gasteiger partial charge in [0.25, 0.3) is 0 Å². The molecule has 0 bridgehead atoms. The molecule has 1 aromatic rings. The molecule has 0 amide bonds. The molecule has 1 heterocycles. The van der Waals surface area contributed by atoms with Gasteiger partial charge in [-0.3, -0.25) is 4.98 Å². The quantitative estimate of drug-likeness (QED) is 0.660. The van der Waals surface area contributed by atoms with Crippen LogP contribution in [0.3, 0.4) is 0 Å². The largest absolute Gasteiger partial charge is 0.330 e. The number of pyridine rings is 1. The number of nitriles is 1. The fourth-order valence-corrected chi connectivity index (χ4v) is 0.897. The van der Waals surface area contributed by atoms with E-state index in [1.807, 2.05) is 6.07 Å². The van der Waals surface area contributed by atoms with Gasteiger partial charge in [-0.25, -0.2) is 0 Å². The number of hydrogen-bond acceptors (Lipinski definition) is 3. The van der Waals surface area contributed by atoms with Gasteiger partial charge in [-0.1, -0.05) is 0 Å². The highest BCUT2D eigenvalue weighted by atomic mass is 14.6. The zero-order chi connectivity index (χ0) is 8.10. The Kier molecular flexibility index (Phi) is 2.59. The van der Waals surface area contributed by atoms with Crippen LogP contribution in [0.5, 0.6) is 0 Å². The molecule has 0 fully saturated rings. The first kappa shape index (κ1) is 7.70. The van der Waals surface area contributed by atoms with Gasteiger partial charge in [0.1, 0.15) is 6.07 Å². The molecule has 0 aliphatic carbocycles. The van der Waals surface area contributed by atoms with E-state index in [0.29, 0.717) is 12.1 Å². The minimum atomic E-state index is 0.568. The van der Waals surface area contributed by atoms with Crippen LogP contribution >= 0.6 is 0 Å². The van der Waals surface area contributed by atoms with E-state index < -0.39 is 0 Å². The molecule has 2 N–H and O–H groups in total. The predicted molar refractivity (Wildman–Crippen MR) is 41.7 cm³/mol. The van der Waals surface area contributed by atoms with Crippen LogP contribution in [-0.2, 0) is 6.42 Å². The first-order valence-corrected chi connectivity index (χ1v) is 3.41. The first-order chi connectivity index (χ1) is 5.38. The van der Waals surface area contributed by atoms with Crippen LogP contribution in [0.2, 0.25) is 0 Å². The number of hydrogen-bond donors (Lipinski definition) is 1. The summed E-state index contributed by atoms with van der Waals surface area (Å²) in [5.74, 6) is 0. The molecular formula is C8H9N3. The molecule has 0 spiro atoms. The zero-order valence-electron chi connectivity index (χ0n) is 6.12. The Labute approximate surface area is 65.5 Å². The van der Waals surface area contributed by atoms with Gasteiger partial charge in [0.15, 0.2) is 0 Å². The molecule has 1 rings (SSSR count). The number of rotatable bonds is 2. The van der Waals surface area contributed by atoms with Gasteiger partial charge in [0.05, 0.1) is 5.56 Å². The molecule has 0 saturated carbocycles. The van der Waals surface area contributed by atoms with Crippen molar-refractivity contribution in [3.05, 3.63) is 29.6 Å². The lowest BCUT2D eigenvalue weighted by Crippen LogP contribution is -2.04. The first-order valence-electron chi connectivity index (χ1n) is 3.41. The van der Waals surface area contributed by atoms with Crippen molar-refractivity contribution in [1.82, 2.24) is 4.98 Å². The van der Waals surface area contributed by atoms with Gasteiger partial charge in [-0.2, -0.15) is 5.26 Å². The van der Waals surface area contributed by atoms with Gasteiger partial charge in [-0.15, -0.1) is 0 Å². The molecule has 0 atom stereocenters. The second-order valence-electron chi connectivity index (χ2n) is 2.18. The topological polar surface area (TPSA) is 62.7 Å². The van der Waals surface area contributed by atoms with Gasteiger partial charge in [0.2, 0.25) is 0 Å². The number of nitrogens with zero attached hydrogens (tertiary/aromatic N) is 2. The van der Waals surface area contributed by atoms with Crippen LogP contribution < -0.4 is 5.73 Å². The lowest BCUT2D eigenvalue weighted by molar-refractivity contribution is 0.959. The lowest BCUT2D eigenvalue weighted by atomic mass is 10.1. The van der Waals surface area contributed by atoms with Crippen LogP contribution in [-0.4, -0.2) is 11.5 Å². The smallest absolute Gasteiger partial charge is 0.101 e. The van der Waals surface area contributed by atoms with Crippen LogP contribution in [0.4, 0.5) is 0 Å². The minimum absolute atomic E-state index is 0.568. The van der Waals surface area contributed by atoms with Gasteiger partial charge in [-0.05, 0) is 24.6 Å². The zero-order valence-corrected chi connectivity index (χ0v) is 6.12. The molecule has 0 saturated heterocycles. The molecule has 1 aromatic heterocycles. The summed E-state index contributed by atoms with van der Waals surface area (Å²) in [5, 5.41) is 8.61. The van der Waals surface area contributed by atoms with E-state index in [-0.39, 0.29) is 0 Å². The molecule has 56 valence electrons. The molecule has 0 aliphatic rings. The summed E-state index contributed by atoms with van der Waals surface area (Å²) in [6.45, 7) is 0.568. The van der Waals surface area contributed by atoms with Gasteiger partial charge >= 0.3 is 0 Å². The molecule has 0 aromatic carbocycles. The maximum absolute atomic E-state index is 8.61. The Hall–Kier alpha value is -1.40. The van der Waals surface area contributed by atoms with E-state index >= 15 is 0 Å². The van der Waals surface area contributed by atoms with E-state index in [1.165, 1.54) is 0 Å². The standard InChI is InChI=1S/C8H9N3/c9-3-1-7-2-4-11-6-8(7)5-10/h2,4,6H,1,3,9H2. The highest BCUT2D eigenvalue weighted by Gasteiger charge is 1.98. The van der Waals surface area contributed by atoms with E-state index in [0.717, 1.165) is 12.0 Å². The third-order valence-corrected chi connectivity index (χ3v) is 1.45. The van der Waals surface area contributed by atoms with Crippen LogP contribution in [0.1, 0.15) is 11.1 Å². The fourth-order valence-electron chi connectivity index (χ4n) is 0.897. The minimum Gasteiger partial charge on any atom is -0.330 e. The Morgan fingerprint density at radius 3 is 3.09 bits per heavy atom. The van der Waals surface area contributed by atoms with E-state index in [1.54, 1.807) is 12.4 Å². The summed E-state index contributed by atoms with van der Waals surface area (Å²) in [6.07, 6.45) is 3.97. The molecule has 0 radical (unpaired) electrons. The fraction of sp³-hybridized carbons (Fsp3) is 0.250. The Morgan fingerprint density at radius 1 is 1.64 bits per heavy atom. The summed E-state index contributed by atoms with van der Waals surface area (Å²) in [6, 6.07) is 3.89. The lowest BCUT2D eigenvalue weighted by Gasteiger charge is -1.98. The maximum Gasteiger partial charge on any atom is 0.101 e. The van der Waals surface area contributed by atoms with E-state index in [4.69, 9.17) is 11.0 Å². The Bertz CT molecular complexity index is 275. The van der Waals surface area contributed by atoms with Crippen molar-refractivity contribution in [3.8, 4) is 6.07 Å². The second-order valence-corrected chi connectivity index (χ2v) is 2.18. The van der Waals surface area contributed by atoms with Crippen LogP contribution in [0.25, 0.3) is 0 Å². The number of nitrogens with two attached hydrogens (primary N) is 1. The second kappa shape index (κ2) is 3.69. The van der Waals surface area contributed by atoms with E-state index in [2.05, 4.69) is 11.1 Å². The van der Waals surface area contributed by atoms with Crippen molar-refractivity contribution in [1.29, 1.82) is 5.26 Å². The molecule has 11 heavy (non-hydrogen) atoms. The van der Waals surface area contributed by atoms with Crippen molar-refractivity contribution in [2.45, 2.75) is 6.42 Å². The third-order valence-electron chi connectivity index (χ3n) is 1.45. The van der Waals surface area contributed by atoms with Crippen molar-refractivity contribution in [2.75, 3.05) is 6.54 Å².